The minimum absolute atomic E-state index is 0.813. The highest BCUT2D eigenvalue weighted by atomic mass is 14.9. The van der Waals surface area contributed by atoms with Crippen LogP contribution < -0.4 is 11.1 Å². The highest BCUT2D eigenvalue weighted by Crippen LogP contribution is 2.24. The third kappa shape index (κ3) is 4.63. The fourth-order valence-corrected chi connectivity index (χ4v) is 2.14. The van der Waals surface area contributed by atoms with E-state index in [-0.39, 0.29) is 0 Å². The Labute approximate surface area is 82.3 Å². The maximum Gasteiger partial charge on any atom is 0.00696 e. The molecule has 0 amide bonds. The van der Waals surface area contributed by atoms with Crippen LogP contribution in [0.1, 0.15) is 45.4 Å². The van der Waals surface area contributed by atoms with Gasteiger partial charge < -0.3 is 11.1 Å². The molecule has 78 valence electrons. The standard InChI is InChI=1S/C11H24N2/c1-10-5-6-11(9-10)13-8-4-2-3-7-12/h10-11,13H,2-9,12H2,1H3. The van der Waals surface area contributed by atoms with E-state index in [2.05, 4.69) is 12.2 Å². The monoisotopic (exact) mass is 184 g/mol. The smallest absolute Gasteiger partial charge is 0.00696 e. The average molecular weight is 184 g/mol. The van der Waals surface area contributed by atoms with Crippen molar-refractivity contribution >= 4 is 0 Å². The average Bonchev–Trinajstić information content (AvgIpc) is 2.51. The van der Waals surface area contributed by atoms with Gasteiger partial charge in [0.05, 0.1) is 0 Å². The van der Waals surface area contributed by atoms with Gasteiger partial charge in [0.2, 0.25) is 0 Å². The molecular weight excluding hydrogens is 160 g/mol. The molecule has 1 rings (SSSR count). The van der Waals surface area contributed by atoms with Crippen molar-refractivity contribution in [1.29, 1.82) is 0 Å². The van der Waals surface area contributed by atoms with Crippen LogP contribution in [0.5, 0.6) is 0 Å². The lowest BCUT2D eigenvalue weighted by Crippen LogP contribution is -2.27. The Morgan fingerprint density at radius 1 is 1.23 bits per heavy atom. The lowest BCUT2D eigenvalue weighted by Gasteiger charge is -2.11. The second kappa shape index (κ2) is 6.39. The highest BCUT2D eigenvalue weighted by Gasteiger charge is 2.19. The normalized spacial score (nSPS) is 28.2. The summed E-state index contributed by atoms with van der Waals surface area (Å²) in [6.45, 7) is 4.40. The Morgan fingerprint density at radius 3 is 2.69 bits per heavy atom. The van der Waals surface area contributed by atoms with Crippen molar-refractivity contribution in [3.05, 3.63) is 0 Å². The molecule has 1 fully saturated rings. The van der Waals surface area contributed by atoms with Gasteiger partial charge in [0, 0.05) is 6.04 Å². The summed E-state index contributed by atoms with van der Waals surface area (Å²) in [5, 5.41) is 3.63. The van der Waals surface area contributed by atoms with Crippen molar-refractivity contribution in [1.82, 2.24) is 5.32 Å². The quantitative estimate of drug-likeness (QED) is 0.619. The zero-order valence-corrected chi connectivity index (χ0v) is 8.89. The molecule has 2 atom stereocenters. The third-order valence-corrected chi connectivity index (χ3v) is 3.01. The van der Waals surface area contributed by atoms with Gasteiger partial charge >= 0.3 is 0 Å². The number of hydrogen-bond donors (Lipinski definition) is 2. The molecule has 0 spiro atoms. The van der Waals surface area contributed by atoms with Gasteiger partial charge in [0.15, 0.2) is 0 Å². The highest BCUT2D eigenvalue weighted by molar-refractivity contribution is 4.77. The molecule has 2 unspecified atom stereocenters. The second-order valence-electron chi connectivity index (χ2n) is 4.42. The predicted octanol–water partition coefficient (Wildman–Crippen LogP) is 1.89. The van der Waals surface area contributed by atoms with Crippen LogP contribution in [0, 0.1) is 5.92 Å². The van der Waals surface area contributed by atoms with E-state index >= 15 is 0 Å². The van der Waals surface area contributed by atoms with Crippen LogP contribution in [-0.4, -0.2) is 19.1 Å². The van der Waals surface area contributed by atoms with Crippen molar-refractivity contribution in [2.45, 2.75) is 51.5 Å². The van der Waals surface area contributed by atoms with Crippen LogP contribution >= 0.6 is 0 Å². The predicted molar refractivity (Wildman–Crippen MR) is 57.7 cm³/mol. The molecule has 0 bridgehead atoms. The van der Waals surface area contributed by atoms with Crippen LogP contribution in [-0.2, 0) is 0 Å². The fourth-order valence-electron chi connectivity index (χ4n) is 2.14. The summed E-state index contributed by atoms with van der Waals surface area (Å²) in [4.78, 5) is 0. The van der Waals surface area contributed by atoms with Crippen LogP contribution in [0.15, 0.2) is 0 Å². The maximum absolute atomic E-state index is 5.43. The fraction of sp³-hybridized carbons (Fsp3) is 1.00. The van der Waals surface area contributed by atoms with Gasteiger partial charge in [-0.05, 0) is 51.1 Å². The molecule has 1 saturated carbocycles. The zero-order chi connectivity index (χ0) is 9.52. The van der Waals surface area contributed by atoms with E-state index in [0.717, 1.165) is 18.5 Å². The Bertz CT molecular complexity index is 125. The van der Waals surface area contributed by atoms with Crippen molar-refractivity contribution in [3.63, 3.8) is 0 Å². The van der Waals surface area contributed by atoms with Gasteiger partial charge in [-0.15, -0.1) is 0 Å². The van der Waals surface area contributed by atoms with Crippen LogP contribution in [0.4, 0.5) is 0 Å². The Morgan fingerprint density at radius 2 is 2.08 bits per heavy atom. The first-order valence-corrected chi connectivity index (χ1v) is 5.76. The van der Waals surface area contributed by atoms with E-state index in [9.17, 15) is 0 Å². The van der Waals surface area contributed by atoms with E-state index in [1.54, 1.807) is 0 Å². The minimum Gasteiger partial charge on any atom is -0.330 e. The van der Waals surface area contributed by atoms with Crippen LogP contribution in [0.3, 0.4) is 0 Å². The molecule has 0 heterocycles. The molecular formula is C11H24N2. The molecule has 13 heavy (non-hydrogen) atoms. The van der Waals surface area contributed by atoms with E-state index in [1.807, 2.05) is 0 Å². The van der Waals surface area contributed by atoms with Gasteiger partial charge in [-0.1, -0.05) is 13.3 Å². The molecule has 0 saturated heterocycles. The summed E-state index contributed by atoms with van der Waals surface area (Å²) in [7, 11) is 0. The summed E-state index contributed by atoms with van der Waals surface area (Å²) in [6, 6.07) is 0.813. The molecule has 0 aromatic heterocycles. The minimum atomic E-state index is 0.813. The molecule has 1 aliphatic rings. The van der Waals surface area contributed by atoms with Crippen LogP contribution in [0.25, 0.3) is 0 Å². The van der Waals surface area contributed by atoms with Gasteiger partial charge in [-0.3, -0.25) is 0 Å². The Balaban J connectivity index is 1.88. The zero-order valence-electron chi connectivity index (χ0n) is 8.89. The van der Waals surface area contributed by atoms with Gasteiger partial charge in [0.1, 0.15) is 0 Å². The van der Waals surface area contributed by atoms with Crippen molar-refractivity contribution < 1.29 is 0 Å². The number of rotatable bonds is 6. The molecule has 1 aliphatic carbocycles. The Hall–Kier alpha value is -0.0800. The first kappa shape index (κ1) is 11.0. The molecule has 0 radical (unpaired) electrons. The topological polar surface area (TPSA) is 38.0 Å². The van der Waals surface area contributed by atoms with Crippen molar-refractivity contribution in [3.8, 4) is 0 Å². The summed E-state index contributed by atoms with van der Waals surface area (Å²) < 4.78 is 0. The summed E-state index contributed by atoms with van der Waals surface area (Å²) in [6.07, 6.45) is 7.95. The number of nitrogens with one attached hydrogen (secondary N) is 1. The summed E-state index contributed by atoms with van der Waals surface area (Å²) in [5.41, 5.74) is 5.43. The van der Waals surface area contributed by atoms with E-state index in [0.29, 0.717) is 0 Å². The molecule has 2 heteroatoms. The molecule has 0 aromatic carbocycles. The van der Waals surface area contributed by atoms with Gasteiger partial charge in [-0.2, -0.15) is 0 Å². The number of unbranched alkanes of at least 4 members (excludes halogenated alkanes) is 2. The van der Waals surface area contributed by atoms with E-state index in [4.69, 9.17) is 5.73 Å². The molecule has 0 aromatic rings. The van der Waals surface area contributed by atoms with Gasteiger partial charge in [-0.25, -0.2) is 0 Å². The lowest BCUT2D eigenvalue weighted by atomic mass is 10.1. The SMILES string of the molecule is CC1CCC(NCCCCCN)C1. The summed E-state index contributed by atoms with van der Waals surface area (Å²) >= 11 is 0. The van der Waals surface area contributed by atoms with Gasteiger partial charge in [0.25, 0.3) is 0 Å². The molecule has 3 N–H and O–H groups in total. The second-order valence-corrected chi connectivity index (χ2v) is 4.42. The first-order valence-electron chi connectivity index (χ1n) is 5.76. The van der Waals surface area contributed by atoms with Crippen molar-refractivity contribution in [2.75, 3.05) is 13.1 Å². The molecule has 2 nitrogen and oxygen atoms in total. The first-order chi connectivity index (χ1) is 6.33. The van der Waals surface area contributed by atoms with E-state index in [1.165, 1.54) is 45.1 Å². The lowest BCUT2D eigenvalue weighted by molar-refractivity contribution is 0.488. The van der Waals surface area contributed by atoms with Crippen LogP contribution in [0.2, 0.25) is 0 Å². The number of hydrogen-bond acceptors (Lipinski definition) is 2. The molecule has 0 aliphatic heterocycles. The Kier molecular flexibility index (Phi) is 5.40. The van der Waals surface area contributed by atoms with Crippen molar-refractivity contribution in [2.24, 2.45) is 11.7 Å². The van der Waals surface area contributed by atoms with E-state index < -0.39 is 0 Å². The summed E-state index contributed by atoms with van der Waals surface area (Å²) in [5.74, 6) is 0.946. The number of nitrogens with two attached hydrogens (primary N) is 1. The third-order valence-electron chi connectivity index (χ3n) is 3.01. The maximum atomic E-state index is 5.43. The largest absolute Gasteiger partial charge is 0.330 e.